The highest BCUT2D eigenvalue weighted by Gasteiger charge is 2.11. The van der Waals surface area contributed by atoms with Gasteiger partial charge in [0.25, 0.3) is 0 Å². The molecule has 0 heterocycles. The summed E-state index contributed by atoms with van der Waals surface area (Å²) in [5.41, 5.74) is 7.64. The average molecular weight is 250 g/mol. The van der Waals surface area contributed by atoms with E-state index in [0.717, 1.165) is 5.56 Å². The molecule has 1 aromatic rings. The second kappa shape index (κ2) is 6.31. The molecule has 0 aliphatic rings. The average Bonchev–Trinajstić information content (AvgIpc) is 2.25. The van der Waals surface area contributed by atoms with Crippen LogP contribution in [-0.4, -0.2) is 11.8 Å². The Morgan fingerprint density at radius 1 is 1.07 bits per heavy atom. The van der Waals surface area contributed by atoms with Crippen molar-refractivity contribution < 1.29 is 4.39 Å². The lowest BCUT2D eigenvalue weighted by Gasteiger charge is -2.11. The Morgan fingerprint density at radius 2 is 1.67 bits per heavy atom. The summed E-state index contributed by atoms with van der Waals surface area (Å²) < 4.78 is 13.9. The minimum Gasteiger partial charge on any atom is -0.326 e. The van der Waals surface area contributed by atoms with Crippen molar-refractivity contribution in [3.8, 4) is 0 Å². The summed E-state index contributed by atoms with van der Waals surface area (Å²) in [7, 11) is 0. The monoisotopic (exact) mass is 249 g/mol. The molecule has 1 aromatic carbocycles. The predicted octanol–water partition coefficient (Wildman–Crippen LogP) is 2.85. The van der Waals surface area contributed by atoms with Gasteiger partial charge in [0.2, 0.25) is 0 Å². The lowest BCUT2D eigenvalue weighted by Crippen LogP contribution is -2.07. The van der Waals surface area contributed by atoms with Crippen LogP contribution in [0, 0.1) is 5.82 Å². The molecule has 0 amide bonds. The van der Waals surface area contributed by atoms with Crippen molar-refractivity contribution in [1.29, 1.82) is 0 Å². The largest absolute Gasteiger partial charge is 0.326 e. The van der Waals surface area contributed by atoms with Gasteiger partial charge >= 0.3 is 0 Å². The molecule has 2 N–H and O–H groups in total. The van der Waals surface area contributed by atoms with E-state index in [1.54, 1.807) is 6.07 Å². The number of aryl methyl sites for hydroxylation is 1. The molecule has 4 heteroatoms. The second-order valence-electron chi connectivity index (χ2n) is 3.26. The standard InChI is InChI=1S/C11H14Cl2FN/c12-5-3-8-1-2-9(7-15)10(4-6-13)11(8)14/h1-2H,3-7,15H2. The first-order valence-electron chi connectivity index (χ1n) is 4.85. The van der Waals surface area contributed by atoms with Crippen molar-refractivity contribution in [2.75, 3.05) is 11.8 Å². The van der Waals surface area contributed by atoms with E-state index in [2.05, 4.69) is 0 Å². The van der Waals surface area contributed by atoms with Gasteiger partial charge in [0, 0.05) is 18.3 Å². The minimum absolute atomic E-state index is 0.195. The maximum Gasteiger partial charge on any atom is 0.129 e. The minimum atomic E-state index is -0.195. The second-order valence-corrected chi connectivity index (χ2v) is 4.01. The summed E-state index contributed by atoms with van der Waals surface area (Å²) in [4.78, 5) is 0. The zero-order valence-electron chi connectivity index (χ0n) is 8.40. The number of hydrogen-bond acceptors (Lipinski definition) is 1. The Morgan fingerprint density at radius 3 is 2.20 bits per heavy atom. The molecule has 15 heavy (non-hydrogen) atoms. The maximum absolute atomic E-state index is 13.9. The molecule has 1 rings (SSSR count). The first kappa shape index (κ1) is 12.8. The fourth-order valence-electron chi connectivity index (χ4n) is 1.56. The van der Waals surface area contributed by atoms with Gasteiger partial charge in [0.15, 0.2) is 0 Å². The highest BCUT2D eigenvalue weighted by Crippen LogP contribution is 2.19. The molecule has 1 nitrogen and oxygen atoms in total. The maximum atomic E-state index is 13.9. The molecule has 0 unspecified atom stereocenters. The van der Waals surface area contributed by atoms with E-state index in [1.807, 2.05) is 6.07 Å². The predicted molar refractivity (Wildman–Crippen MR) is 63.1 cm³/mol. The van der Waals surface area contributed by atoms with Crippen LogP contribution < -0.4 is 5.73 Å². The third-order valence-corrected chi connectivity index (χ3v) is 2.73. The van der Waals surface area contributed by atoms with E-state index in [0.29, 0.717) is 42.3 Å². The highest BCUT2D eigenvalue weighted by molar-refractivity contribution is 6.18. The third-order valence-electron chi connectivity index (χ3n) is 2.35. The van der Waals surface area contributed by atoms with Crippen molar-refractivity contribution in [3.63, 3.8) is 0 Å². The summed E-state index contributed by atoms with van der Waals surface area (Å²) >= 11 is 11.2. The van der Waals surface area contributed by atoms with Crippen LogP contribution >= 0.6 is 23.2 Å². The van der Waals surface area contributed by atoms with Crippen molar-refractivity contribution in [2.45, 2.75) is 19.4 Å². The van der Waals surface area contributed by atoms with Crippen molar-refractivity contribution in [1.82, 2.24) is 0 Å². The molecule has 0 fully saturated rings. The van der Waals surface area contributed by atoms with Gasteiger partial charge in [-0.25, -0.2) is 4.39 Å². The number of benzene rings is 1. The zero-order valence-corrected chi connectivity index (χ0v) is 9.91. The zero-order chi connectivity index (χ0) is 11.3. The first-order valence-corrected chi connectivity index (χ1v) is 5.92. The molecule has 0 atom stereocenters. The third kappa shape index (κ3) is 3.07. The molecular weight excluding hydrogens is 236 g/mol. The van der Waals surface area contributed by atoms with E-state index in [1.165, 1.54) is 0 Å². The fourth-order valence-corrected chi connectivity index (χ4v) is 1.95. The van der Waals surface area contributed by atoms with Crippen molar-refractivity contribution >= 4 is 23.2 Å². The molecule has 0 radical (unpaired) electrons. The van der Waals surface area contributed by atoms with Crippen LogP contribution in [0.15, 0.2) is 12.1 Å². The molecule has 0 aliphatic heterocycles. The molecule has 0 aromatic heterocycles. The topological polar surface area (TPSA) is 26.0 Å². The van der Waals surface area contributed by atoms with Crippen LogP contribution in [0.25, 0.3) is 0 Å². The van der Waals surface area contributed by atoms with Crippen LogP contribution in [0.2, 0.25) is 0 Å². The molecular formula is C11H14Cl2FN. The normalized spacial score (nSPS) is 10.7. The van der Waals surface area contributed by atoms with Gasteiger partial charge in [-0.2, -0.15) is 0 Å². The summed E-state index contributed by atoms with van der Waals surface area (Å²) in [5, 5.41) is 0. The van der Waals surface area contributed by atoms with Gasteiger partial charge in [-0.15, -0.1) is 23.2 Å². The van der Waals surface area contributed by atoms with Crippen LogP contribution in [-0.2, 0) is 19.4 Å². The summed E-state index contributed by atoms with van der Waals surface area (Å²) in [5.74, 6) is 0.618. The van der Waals surface area contributed by atoms with E-state index < -0.39 is 0 Å². The lowest BCUT2D eigenvalue weighted by atomic mass is 9.99. The van der Waals surface area contributed by atoms with Gasteiger partial charge in [-0.3, -0.25) is 0 Å². The SMILES string of the molecule is NCc1ccc(CCCl)c(F)c1CCCl. The smallest absolute Gasteiger partial charge is 0.129 e. The summed E-state index contributed by atoms with van der Waals surface area (Å²) in [6.45, 7) is 0.338. The molecule has 0 aliphatic carbocycles. The Labute approximate surface area is 99.4 Å². The lowest BCUT2D eigenvalue weighted by molar-refractivity contribution is 0.594. The number of hydrogen-bond donors (Lipinski definition) is 1. The van der Waals surface area contributed by atoms with Gasteiger partial charge < -0.3 is 5.73 Å². The van der Waals surface area contributed by atoms with E-state index in [-0.39, 0.29) is 5.82 Å². The van der Waals surface area contributed by atoms with Gasteiger partial charge in [-0.05, 0) is 29.5 Å². The summed E-state index contributed by atoms with van der Waals surface area (Å²) in [6, 6.07) is 3.60. The van der Waals surface area contributed by atoms with Crippen LogP contribution in [0.5, 0.6) is 0 Å². The van der Waals surface area contributed by atoms with Crippen LogP contribution in [0.3, 0.4) is 0 Å². The van der Waals surface area contributed by atoms with E-state index in [9.17, 15) is 4.39 Å². The fraction of sp³-hybridized carbons (Fsp3) is 0.455. The molecule has 84 valence electrons. The Balaban J connectivity index is 3.10. The van der Waals surface area contributed by atoms with Gasteiger partial charge in [0.05, 0.1) is 0 Å². The quantitative estimate of drug-likeness (QED) is 0.799. The van der Waals surface area contributed by atoms with Gasteiger partial charge in [-0.1, -0.05) is 12.1 Å². The van der Waals surface area contributed by atoms with Crippen molar-refractivity contribution in [3.05, 3.63) is 34.6 Å². The van der Waals surface area contributed by atoms with Gasteiger partial charge in [0.1, 0.15) is 5.82 Å². The van der Waals surface area contributed by atoms with Crippen LogP contribution in [0.1, 0.15) is 16.7 Å². The van der Waals surface area contributed by atoms with E-state index >= 15 is 0 Å². The Bertz CT molecular complexity index is 329. The van der Waals surface area contributed by atoms with E-state index in [4.69, 9.17) is 28.9 Å². The van der Waals surface area contributed by atoms with Crippen molar-refractivity contribution in [2.24, 2.45) is 5.73 Å². The Kier molecular flexibility index (Phi) is 5.37. The summed E-state index contributed by atoms with van der Waals surface area (Å²) in [6.07, 6.45) is 1.05. The molecule has 0 spiro atoms. The molecule has 0 saturated heterocycles. The number of rotatable bonds is 5. The molecule has 0 saturated carbocycles. The number of nitrogens with two attached hydrogens (primary N) is 1. The first-order chi connectivity index (χ1) is 7.24. The highest BCUT2D eigenvalue weighted by atomic mass is 35.5. The number of alkyl halides is 2. The van der Waals surface area contributed by atoms with Crippen LogP contribution in [0.4, 0.5) is 4.39 Å². The Hall–Kier alpha value is -0.310. The molecule has 0 bridgehead atoms. The number of halogens is 3.